The molecular formula is C17H27N3O3S. The highest BCUT2D eigenvalue weighted by Gasteiger charge is 2.26. The number of hydrogen-bond donors (Lipinski definition) is 2. The molecule has 0 radical (unpaired) electrons. The number of unbranched alkanes of at least 4 members (excludes halogenated alkanes) is 1. The van der Waals surface area contributed by atoms with Crippen LogP contribution in [0.25, 0.3) is 0 Å². The lowest BCUT2D eigenvalue weighted by Gasteiger charge is -2.24. The first-order chi connectivity index (χ1) is 11.5. The summed E-state index contributed by atoms with van der Waals surface area (Å²) in [5.41, 5.74) is 0.234. The quantitative estimate of drug-likeness (QED) is 0.780. The molecule has 0 bridgehead atoms. The Morgan fingerprint density at radius 2 is 1.96 bits per heavy atom. The van der Waals surface area contributed by atoms with Crippen LogP contribution in [0.3, 0.4) is 0 Å². The maximum Gasteiger partial charge on any atom is 0.254 e. The van der Waals surface area contributed by atoms with Gasteiger partial charge in [0.25, 0.3) is 5.91 Å². The van der Waals surface area contributed by atoms with E-state index in [1.54, 1.807) is 30.1 Å². The van der Waals surface area contributed by atoms with E-state index in [4.69, 9.17) is 0 Å². The van der Waals surface area contributed by atoms with Gasteiger partial charge in [0, 0.05) is 19.6 Å². The fourth-order valence-corrected chi connectivity index (χ4v) is 4.31. The molecule has 1 aromatic carbocycles. The second-order valence-electron chi connectivity index (χ2n) is 6.22. The van der Waals surface area contributed by atoms with Gasteiger partial charge in [0.15, 0.2) is 0 Å². The number of piperidine rings is 1. The van der Waals surface area contributed by atoms with Gasteiger partial charge in [-0.05, 0) is 44.5 Å². The number of sulfonamides is 1. The summed E-state index contributed by atoms with van der Waals surface area (Å²) in [5.74, 6) is -0.255. The number of rotatable bonds is 7. The average molecular weight is 353 g/mol. The minimum Gasteiger partial charge on any atom is -0.342 e. The third kappa shape index (κ3) is 4.78. The zero-order chi connectivity index (χ0) is 17.6. The van der Waals surface area contributed by atoms with Gasteiger partial charge in [0.2, 0.25) is 10.0 Å². The van der Waals surface area contributed by atoms with Crippen LogP contribution >= 0.6 is 0 Å². The van der Waals surface area contributed by atoms with Crippen LogP contribution in [0.4, 0.5) is 0 Å². The molecule has 1 fully saturated rings. The van der Waals surface area contributed by atoms with Crippen molar-refractivity contribution in [3.63, 3.8) is 0 Å². The Kier molecular flexibility index (Phi) is 6.77. The Bertz CT molecular complexity index is 655. The van der Waals surface area contributed by atoms with E-state index in [0.717, 1.165) is 38.8 Å². The fraction of sp³-hybridized carbons (Fsp3) is 0.588. The second-order valence-corrected chi connectivity index (χ2v) is 7.90. The molecule has 0 unspecified atom stereocenters. The van der Waals surface area contributed by atoms with Crippen molar-refractivity contribution in [1.29, 1.82) is 0 Å². The summed E-state index contributed by atoms with van der Waals surface area (Å²) in [6.07, 6.45) is 3.39. The van der Waals surface area contributed by atoms with Crippen LogP contribution in [0, 0.1) is 0 Å². The number of carbonyl (C=O) groups is 1. The van der Waals surface area contributed by atoms with Crippen LogP contribution in [0.5, 0.6) is 0 Å². The molecule has 2 N–H and O–H groups in total. The van der Waals surface area contributed by atoms with Gasteiger partial charge in [-0.15, -0.1) is 0 Å². The predicted molar refractivity (Wildman–Crippen MR) is 94.5 cm³/mol. The van der Waals surface area contributed by atoms with Gasteiger partial charge in [-0.3, -0.25) is 4.79 Å². The van der Waals surface area contributed by atoms with E-state index in [9.17, 15) is 13.2 Å². The van der Waals surface area contributed by atoms with E-state index in [2.05, 4.69) is 17.0 Å². The predicted octanol–water partition coefficient (Wildman–Crippen LogP) is 1.59. The van der Waals surface area contributed by atoms with E-state index in [1.165, 1.54) is 6.07 Å². The second kappa shape index (κ2) is 8.60. The summed E-state index contributed by atoms with van der Waals surface area (Å²) < 4.78 is 28.3. The van der Waals surface area contributed by atoms with Crippen molar-refractivity contribution < 1.29 is 13.2 Å². The number of nitrogens with one attached hydrogen (secondary N) is 2. The highest BCUT2D eigenvalue weighted by molar-refractivity contribution is 7.89. The molecular weight excluding hydrogens is 326 g/mol. The van der Waals surface area contributed by atoms with Gasteiger partial charge in [0.05, 0.1) is 10.5 Å². The van der Waals surface area contributed by atoms with E-state index < -0.39 is 10.0 Å². The Morgan fingerprint density at radius 3 is 2.62 bits per heavy atom. The lowest BCUT2D eigenvalue weighted by Crippen LogP contribution is -2.43. The number of amides is 1. The summed E-state index contributed by atoms with van der Waals surface area (Å²) in [4.78, 5) is 14.3. The monoisotopic (exact) mass is 353 g/mol. The fourth-order valence-electron chi connectivity index (χ4n) is 2.80. The Balaban J connectivity index is 2.21. The summed E-state index contributed by atoms with van der Waals surface area (Å²) in [5, 5.41) is 3.21. The smallest absolute Gasteiger partial charge is 0.254 e. The van der Waals surface area contributed by atoms with Crippen molar-refractivity contribution in [3.05, 3.63) is 29.8 Å². The van der Waals surface area contributed by atoms with E-state index in [0.29, 0.717) is 6.54 Å². The zero-order valence-electron chi connectivity index (χ0n) is 14.4. The first-order valence-electron chi connectivity index (χ1n) is 8.53. The first kappa shape index (κ1) is 18.9. The molecule has 7 heteroatoms. The molecule has 134 valence electrons. The standard InChI is InChI=1S/C17H27N3O3S/c1-3-4-13-20(2)17(21)15-7-5-6-8-16(15)24(22,23)19-14-9-11-18-12-10-14/h5-8,14,18-19H,3-4,9-13H2,1-2H3. The minimum atomic E-state index is -3.71. The Hall–Kier alpha value is -1.44. The highest BCUT2D eigenvalue weighted by Crippen LogP contribution is 2.19. The number of carbonyl (C=O) groups excluding carboxylic acids is 1. The van der Waals surface area contributed by atoms with Crippen molar-refractivity contribution >= 4 is 15.9 Å². The normalized spacial score (nSPS) is 16.1. The minimum absolute atomic E-state index is 0.0666. The molecule has 1 heterocycles. The van der Waals surface area contributed by atoms with Gasteiger partial charge >= 0.3 is 0 Å². The van der Waals surface area contributed by atoms with E-state index in [1.807, 2.05) is 0 Å². The van der Waals surface area contributed by atoms with Crippen LogP contribution in [0.1, 0.15) is 43.0 Å². The highest BCUT2D eigenvalue weighted by atomic mass is 32.2. The van der Waals surface area contributed by atoms with Crippen molar-refractivity contribution in [3.8, 4) is 0 Å². The van der Waals surface area contributed by atoms with Gasteiger partial charge in [-0.1, -0.05) is 25.5 Å². The molecule has 0 aliphatic carbocycles. The third-order valence-corrected chi connectivity index (χ3v) is 5.84. The van der Waals surface area contributed by atoms with Gasteiger partial charge in [-0.2, -0.15) is 0 Å². The molecule has 2 rings (SSSR count). The maximum absolute atomic E-state index is 12.8. The van der Waals surface area contributed by atoms with Crippen LogP contribution < -0.4 is 10.0 Å². The van der Waals surface area contributed by atoms with Crippen molar-refractivity contribution in [2.75, 3.05) is 26.7 Å². The van der Waals surface area contributed by atoms with Crippen molar-refractivity contribution in [2.45, 2.75) is 43.5 Å². The maximum atomic E-state index is 12.8. The number of benzene rings is 1. The van der Waals surface area contributed by atoms with Crippen LogP contribution in [-0.2, 0) is 10.0 Å². The molecule has 1 amide bonds. The largest absolute Gasteiger partial charge is 0.342 e. The van der Waals surface area contributed by atoms with Gasteiger partial charge < -0.3 is 10.2 Å². The first-order valence-corrected chi connectivity index (χ1v) is 10.0. The van der Waals surface area contributed by atoms with Gasteiger partial charge in [0.1, 0.15) is 0 Å². The van der Waals surface area contributed by atoms with Crippen molar-refractivity contribution in [1.82, 2.24) is 14.9 Å². The Morgan fingerprint density at radius 1 is 1.29 bits per heavy atom. The molecule has 1 aromatic rings. The Labute approximate surface area is 144 Å². The average Bonchev–Trinajstić information content (AvgIpc) is 2.59. The van der Waals surface area contributed by atoms with Gasteiger partial charge in [-0.25, -0.2) is 13.1 Å². The van der Waals surface area contributed by atoms with E-state index >= 15 is 0 Å². The zero-order valence-corrected chi connectivity index (χ0v) is 15.2. The molecule has 0 spiro atoms. The molecule has 0 aromatic heterocycles. The van der Waals surface area contributed by atoms with Crippen molar-refractivity contribution in [2.24, 2.45) is 0 Å². The molecule has 1 saturated heterocycles. The lowest BCUT2D eigenvalue weighted by molar-refractivity contribution is 0.0789. The van der Waals surface area contributed by atoms with E-state index in [-0.39, 0.29) is 22.4 Å². The summed E-state index contributed by atoms with van der Waals surface area (Å²) in [6, 6.07) is 6.35. The lowest BCUT2D eigenvalue weighted by atomic mass is 10.1. The number of nitrogens with zero attached hydrogens (tertiary/aromatic N) is 1. The third-order valence-electron chi connectivity index (χ3n) is 4.26. The SMILES string of the molecule is CCCCN(C)C(=O)c1ccccc1S(=O)(=O)NC1CCNCC1. The molecule has 1 aliphatic heterocycles. The van der Waals surface area contributed by atoms with Crippen LogP contribution in [0.2, 0.25) is 0 Å². The van der Waals surface area contributed by atoms with Crippen LogP contribution in [-0.4, -0.2) is 51.9 Å². The van der Waals surface area contributed by atoms with Crippen LogP contribution in [0.15, 0.2) is 29.2 Å². The summed E-state index contributed by atoms with van der Waals surface area (Å²) in [6.45, 7) is 4.27. The topological polar surface area (TPSA) is 78.5 Å². The molecule has 24 heavy (non-hydrogen) atoms. The molecule has 1 aliphatic rings. The number of hydrogen-bond acceptors (Lipinski definition) is 4. The molecule has 0 atom stereocenters. The molecule has 6 nitrogen and oxygen atoms in total. The summed E-state index contributed by atoms with van der Waals surface area (Å²) >= 11 is 0. The molecule has 0 saturated carbocycles. The summed E-state index contributed by atoms with van der Waals surface area (Å²) in [7, 11) is -2.00.